The Morgan fingerprint density at radius 2 is 1.79 bits per heavy atom. The lowest BCUT2D eigenvalue weighted by Gasteiger charge is -2.10. The van der Waals surface area contributed by atoms with Gasteiger partial charge in [-0.05, 0) is 64.5 Å². The second-order valence-electron chi connectivity index (χ2n) is 5.47. The molecule has 3 N–H and O–H groups in total. The van der Waals surface area contributed by atoms with E-state index in [1.54, 1.807) is 18.2 Å². The number of furan rings is 2. The van der Waals surface area contributed by atoms with Gasteiger partial charge in [-0.25, -0.2) is 4.79 Å². The van der Waals surface area contributed by atoms with Gasteiger partial charge in [-0.1, -0.05) is 0 Å². The zero-order valence-corrected chi connectivity index (χ0v) is 15.7. The van der Waals surface area contributed by atoms with Crippen molar-refractivity contribution in [2.24, 2.45) is 0 Å². The van der Waals surface area contributed by atoms with Crippen LogP contribution in [0.2, 0.25) is 0 Å². The predicted octanol–water partition coefficient (Wildman–Crippen LogP) is 3.74. The molecular weight excluding hydrogens is 432 g/mol. The van der Waals surface area contributed by atoms with Crippen molar-refractivity contribution < 1.29 is 28.3 Å². The van der Waals surface area contributed by atoms with Crippen LogP contribution in [-0.4, -0.2) is 22.9 Å². The fraction of sp³-hybridized carbons (Fsp3) is 0. The number of benzene rings is 1. The zero-order valence-electron chi connectivity index (χ0n) is 14.1. The van der Waals surface area contributed by atoms with Crippen molar-refractivity contribution in [3.8, 4) is 0 Å². The van der Waals surface area contributed by atoms with Gasteiger partial charge in [-0.15, -0.1) is 0 Å². The molecule has 28 heavy (non-hydrogen) atoms. The van der Waals surface area contributed by atoms with Crippen LogP contribution in [-0.2, 0) is 4.79 Å². The lowest BCUT2D eigenvalue weighted by atomic mass is 10.2. The number of carboxylic acid groups (broad SMARTS) is 1. The van der Waals surface area contributed by atoms with Crippen molar-refractivity contribution in [3.05, 3.63) is 82.2 Å². The second-order valence-corrected chi connectivity index (χ2v) is 6.25. The summed E-state index contributed by atoms with van der Waals surface area (Å²) in [6.45, 7) is 0. The van der Waals surface area contributed by atoms with Crippen LogP contribution in [0, 0.1) is 0 Å². The molecule has 2 amide bonds. The van der Waals surface area contributed by atoms with Crippen molar-refractivity contribution >= 4 is 45.5 Å². The molecule has 0 atom stereocenters. The Kier molecular flexibility index (Phi) is 5.75. The Morgan fingerprint density at radius 3 is 2.36 bits per heavy atom. The normalized spacial score (nSPS) is 11.1. The third kappa shape index (κ3) is 4.77. The number of carbonyl (C=O) groups excluding carboxylic acids is 2. The maximum absolute atomic E-state index is 12.6. The van der Waals surface area contributed by atoms with Crippen LogP contribution in [0.15, 0.2) is 74.0 Å². The van der Waals surface area contributed by atoms with Crippen LogP contribution in [0.5, 0.6) is 0 Å². The van der Waals surface area contributed by atoms with E-state index in [2.05, 4.69) is 26.6 Å². The molecule has 0 saturated carbocycles. The molecule has 0 aliphatic heterocycles. The molecule has 0 unspecified atom stereocenters. The first-order valence-corrected chi connectivity index (χ1v) is 8.68. The number of carbonyl (C=O) groups is 3. The minimum Gasteiger partial charge on any atom is -0.478 e. The van der Waals surface area contributed by atoms with Crippen molar-refractivity contribution in [1.29, 1.82) is 0 Å². The Hall–Kier alpha value is -3.59. The van der Waals surface area contributed by atoms with E-state index in [-0.39, 0.29) is 17.0 Å². The van der Waals surface area contributed by atoms with Crippen LogP contribution in [0.25, 0.3) is 6.08 Å². The highest BCUT2D eigenvalue weighted by Gasteiger charge is 2.18. The Morgan fingerprint density at radius 1 is 1.04 bits per heavy atom. The van der Waals surface area contributed by atoms with Crippen LogP contribution in [0.3, 0.4) is 0 Å². The standard InChI is InChI=1S/C19H13BrN2O6/c20-16-8-7-15(28-16)18(24)22-14(10-13-2-1-9-27-13)17(23)21-12-5-3-11(4-6-12)19(25)26/h1-10H,(H,21,23)(H,22,24)(H,25,26)/b14-10+. The first-order valence-electron chi connectivity index (χ1n) is 7.89. The van der Waals surface area contributed by atoms with E-state index in [4.69, 9.17) is 13.9 Å². The Labute approximate surface area is 167 Å². The fourth-order valence-corrected chi connectivity index (χ4v) is 2.50. The summed E-state index contributed by atoms with van der Waals surface area (Å²) in [5.74, 6) is -1.96. The van der Waals surface area contributed by atoms with Gasteiger partial charge in [0.1, 0.15) is 11.5 Å². The number of carboxylic acids is 1. The van der Waals surface area contributed by atoms with Crippen molar-refractivity contribution in [2.75, 3.05) is 5.32 Å². The number of anilines is 1. The molecule has 0 spiro atoms. The van der Waals surface area contributed by atoms with E-state index in [1.165, 1.54) is 42.7 Å². The van der Waals surface area contributed by atoms with E-state index in [0.717, 1.165) is 0 Å². The largest absolute Gasteiger partial charge is 0.478 e. The molecule has 0 aliphatic carbocycles. The summed E-state index contributed by atoms with van der Waals surface area (Å²) >= 11 is 3.11. The van der Waals surface area contributed by atoms with Gasteiger partial charge in [0.05, 0.1) is 11.8 Å². The van der Waals surface area contributed by atoms with E-state index in [9.17, 15) is 14.4 Å². The third-order valence-corrected chi connectivity index (χ3v) is 3.94. The van der Waals surface area contributed by atoms with Gasteiger partial charge < -0.3 is 24.6 Å². The first-order chi connectivity index (χ1) is 13.4. The zero-order chi connectivity index (χ0) is 20.1. The van der Waals surface area contributed by atoms with Gasteiger partial charge in [0.25, 0.3) is 11.8 Å². The highest BCUT2D eigenvalue weighted by Crippen LogP contribution is 2.16. The smallest absolute Gasteiger partial charge is 0.335 e. The molecule has 2 aromatic heterocycles. The highest BCUT2D eigenvalue weighted by atomic mass is 79.9. The van der Waals surface area contributed by atoms with E-state index in [1.807, 2.05) is 0 Å². The van der Waals surface area contributed by atoms with Gasteiger partial charge in [0, 0.05) is 11.8 Å². The molecule has 0 aliphatic rings. The summed E-state index contributed by atoms with van der Waals surface area (Å²) < 4.78 is 10.7. The summed E-state index contributed by atoms with van der Waals surface area (Å²) in [5, 5.41) is 14.0. The van der Waals surface area contributed by atoms with Crippen LogP contribution in [0.4, 0.5) is 5.69 Å². The van der Waals surface area contributed by atoms with Crippen molar-refractivity contribution in [2.45, 2.75) is 0 Å². The first kappa shape index (κ1) is 19.2. The average Bonchev–Trinajstić information content (AvgIpc) is 3.33. The van der Waals surface area contributed by atoms with E-state index >= 15 is 0 Å². The number of nitrogens with one attached hydrogen (secondary N) is 2. The minimum absolute atomic E-state index is 0.0100. The number of rotatable bonds is 6. The molecule has 0 saturated heterocycles. The third-order valence-electron chi connectivity index (χ3n) is 3.51. The molecule has 2 heterocycles. The van der Waals surface area contributed by atoms with Crippen LogP contribution in [0.1, 0.15) is 26.7 Å². The molecule has 142 valence electrons. The maximum atomic E-state index is 12.6. The second kappa shape index (κ2) is 8.40. The molecule has 9 heteroatoms. The van der Waals surface area contributed by atoms with Gasteiger partial charge in [-0.2, -0.15) is 0 Å². The number of hydrogen-bond donors (Lipinski definition) is 3. The summed E-state index contributed by atoms with van der Waals surface area (Å²) in [7, 11) is 0. The molecular formula is C19H13BrN2O6. The molecule has 3 aromatic rings. The van der Waals surface area contributed by atoms with Gasteiger partial charge in [0.15, 0.2) is 10.4 Å². The fourth-order valence-electron chi connectivity index (χ4n) is 2.19. The molecule has 0 fully saturated rings. The Balaban J connectivity index is 1.80. The number of halogens is 1. The molecule has 8 nitrogen and oxygen atoms in total. The summed E-state index contributed by atoms with van der Waals surface area (Å²) in [4.78, 5) is 35.9. The van der Waals surface area contributed by atoms with E-state index in [0.29, 0.717) is 16.1 Å². The summed E-state index contributed by atoms with van der Waals surface area (Å²) in [6.07, 6.45) is 2.79. The molecule has 3 rings (SSSR count). The van der Waals surface area contributed by atoms with Crippen LogP contribution >= 0.6 is 15.9 Å². The number of amides is 2. The van der Waals surface area contributed by atoms with Crippen molar-refractivity contribution in [1.82, 2.24) is 5.32 Å². The topological polar surface area (TPSA) is 122 Å². The monoisotopic (exact) mass is 444 g/mol. The summed E-state index contributed by atoms with van der Waals surface area (Å²) in [6, 6.07) is 11.8. The molecule has 0 bridgehead atoms. The minimum atomic E-state index is -1.08. The predicted molar refractivity (Wildman–Crippen MR) is 103 cm³/mol. The average molecular weight is 445 g/mol. The quantitative estimate of drug-likeness (QED) is 0.497. The molecule has 0 radical (unpaired) electrons. The van der Waals surface area contributed by atoms with Gasteiger partial charge in [0.2, 0.25) is 0 Å². The highest BCUT2D eigenvalue weighted by molar-refractivity contribution is 9.10. The van der Waals surface area contributed by atoms with Crippen LogP contribution < -0.4 is 10.6 Å². The van der Waals surface area contributed by atoms with Crippen molar-refractivity contribution in [3.63, 3.8) is 0 Å². The van der Waals surface area contributed by atoms with E-state index < -0.39 is 17.8 Å². The Bertz CT molecular complexity index is 1030. The maximum Gasteiger partial charge on any atom is 0.335 e. The lowest BCUT2D eigenvalue weighted by molar-refractivity contribution is -0.113. The summed E-state index contributed by atoms with van der Waals surface area (Å²) in [5.41, 5.74) is 0.353. The number of hydrogen-bond acceptors (Lipinski definition) is 5. The SMILES string of the molecule is O=C(Nc1ccc(C(=O)O)cc1)/C(=C\c1ccco1)NC(=O)c1ccc(Br)o1. The van der Waals surface area contributed by atoms with Gasteiger partial charge >= 0.3 is 5.97 Å². The lowest BCUT2D eigenvalue weighted by Crippen LogP contribution is -2.30. The van der Waals surface area contributed by atoms with Gasteiger partial charge in [-0.3, -0.25) is 9.59 Å². The number of aromatic carboxylic acids is 1. The molecule has 1 aromatic carbocycles.